The summed E-state index contributed by atoms with van der Waals surface area (Å²) in [5.41, 5.74) is 1.35. The van der Waals surface area contributed by atoms with Crippen molar-refractivity contribution >= 4 is 17.7 Å². The van der Waals surface area contributed by atoms with Gasteiger partial charge >= 0.3 is 0 Å². The average Bonchev–Trinajstić information content (AvgIpc) is 3.15. The largest absolute Gasteiger partial charge is 0.507 e. The number of likely N-dealkylation sites (tertiary alicyclic amines) is 2. The van der Waals surface area contributed by atoms with Crippen molar-refractivity contribution in [2.45, 2.75) is 31.8 Å². The SMILES string of the molecule is O=C(NC1CCN(C(=O)c2ccccc2O)CC1)C1CC(=O)N(Cc2ccccc2)C1. The van der Waals surface area contributed by atoms with Crippen LogP contribution >= 0.6 is 0 Å². The minimum absolute atomic E-state index is 0.00656. The molecule has 0 bridgehead atoms. The van der Waals surface area contributed by atoms with Crippen molar-refractivity contribution in [1.82, 2.24) is 15.1 Å². The van der Waals surface area contributed by atoms with Crippen molar-refractivity contribution in [3.8, 4) is 5.75 Å². The highest BCUT2D eigenvalue weighted by molar-refractivity contribution is 5.96. The number of piperidine rings is 1. The van der Waals surface area contributed by atoms with Crippen LogP contribution in [0.2, 0.25) is 0 Å². The van der Waals surface area contributed by atoms with Gasteiger partial charge < -0.3 is 20.2 Å². The van der Waals surface area contributed by atoms with Crippen molar-refractivity contribution < 1.29 is 19.5 Å². The van der Waals surface area contributed by atoms with Gasteiger partial charge in [0.15, 0.2) is 0 Å². The van der Waals surface area contributed by atoms with Gasteiger partial charge in [-0.25, -0.2) is 0 Å². The van der Waals surface area contributed by atoms with Gasteiger partial charge in [-0.15, -0.1) is 0 Å². The molecule has 2 aliphatic rings. The Balaban J connectivity index is 1.26. The number of hydrogen-bond donors (Lipinski definition) is 2. The second-order valence-corrected chi connectivity index (χ2v) is 8.25. The summed E-state index contributed by atoms with van der Waals surface area (Å²) in [6.45, 7) is 1.99. The van der Waals surface area contributed by atoms with Crippen LogP contribution in [0, 0.1) is 5.92 Å². The lowest BCUT2D eigenvalue weighted by atomic mass is 10.0. The molecule has 0 aliphatic carbocycles. The molecule has 7 heteroatoms. The van der Waals surface area contributed by atoms with Gasteiger partial charge in [0.05, 0.1) is 11.5 Å². The highest BCUT2D eigenvalue weighted by atomic mass is 16.3. The third kappa shape index (κ3) is 4.87. The third-order valence-electron chi connectivity index (χ3n) is 6.06. The number of amides is 3. The van der Waals surface area contributed by atoms with Crippen LogP contribution in [-0.4, -0.2) is 58.3 Å². The number of phenolic OH excluding ortho intramolecular Hbond substituents is 1. The van der Waals surface area contributed by atoms with E-state index in [0.717, 1.165) is 5.56 Å². The molecule has 2 aromatic carbocycles. The Morgan fingerprint density at radius 2 is 1.68 bits per heavy atom. The van der Waals surface area contributed by atoms with E-state index in [2.05, 4.69) is 5.32 Å². The molecule has 31 heavy (non-hydrogen) atoms. The number of carbonyl (C=O) groups is 3. The fourth-order valence-electron chi connectivity index (χ4n) is 4.28. The molecule has 2 heterocycles. The lowest BCUT2D eigenvalue weighted by Crippen LogP contribution is -2.48. The van der Waals surface area contributed by atoms with Crippen LogP contribution < -0.4 is 5.32 Å². The van der Waals surface area contributed by atoms with Crippen LogP contribution in [0.3, 0.4) is 0 Å². The number of hydrogen-bond acceptors (Lipinski definition) is 4. The fourth-order valence-corrected chi connectivity index (χ4v) is 4.28. The Labute approximate surface area is 181 Å². The summed E-state index contributed by atoms with van der Waals surface area (Å²) in [6.07, 6.45) is 1.54. The average molecular weight is 421 g/mol. The van der Waals surface area contributed by atoms with Crippen LogP contribution in [-0.2, 0) is 16.1 Å². The Kier molecular flexibility index (Phi) is 6.21. The Morgan fingerprint density at radius 3 is 2.39 bits per heavy atom. The first-order valence-corrected chi connectivity index (χ1v) is 10.7. The first-order valence-electron chi connectivity index (χ1n) is 10.7. The third-order valence-corrected chi connectivity index (χ3v) is 6.06. The van der Waals surface area contributed by atoms with Crippen LogP contribution in [0.5, 0.6) is 5.75 Å². The second kappa shape index (κ2) is 9.20. The van der Waals surface area contributed by atoms with E-state index in [9.17, 15) is 19.5 Å². The molecule has 7 nitrogen and oxygen atoms in total. The number of aromatic hydroxyl groups is 1. The van der Waals surface area contributed by atoms with Gasteiger partial charge in [0.1, 0.15) is 5.75 Å². The van der Waals surface area contributed by atoms with Crippen molar-refractivity contribution in [2.24, 2.45) is 5.92 Å². The molecular weight excluding hydrogens is 394 g/mol. The number of nitrogens with zero attached hydrogens (tertiary/aromatic N) is 2. The van der Waals surface area contributed by atoms with Crippen molar-refractivity contribution in [3.63, 3.8) is 0 Å². The van der Waals surface area contributed by atoms with Crippen LogP contribution in [0.4, 0.5) is 0 Å². The van der Waals surface area contributed by atoms with Crippen molar-refractivity contribution in [3.05, 3.63) is 65.7 Å². The van der Waals surface area contributed by atoms with Crippen LogP contribution in [0.1, 0.15) is 35.2 Å². The molecule has 162 valence electrons. The fraction of sp³-hybridized carbons (Fsp3) is 0.375. The lowest BCUT2D eigenvalue weighted by molar-refractivity contribution is -0.129. The smallest absolute Gasteiger partial charge is 0.257 e. The van der Waals surface area contributed by atoms with Gasteiger partial charge in [-0.3, -0.25) is 14.4 Å². The quantitative estimate of drug-likeness (QED) is 0.774. The summed E-state index contributed by atoms with van der Waals surface area (Å²) in [4.78, 5) is 41.1. The summed E-state index contributed by atoms with van der Waals surface area (Å²) < 4.78 is 0. The summed E-state index contributed by atoms with van der Waals surface area (Å²) in [5, 5.41) is 13.0. The molecule has 1 atom stereocenters. The number of rotatable bonds is 5. The van der Waals surface area contributed by atoms with Gasteiger partial charge in [-0.2, -0.15) is 0 Å². The minimum Gasteiger partial charge on any atom is -0.507 e. The summed E-state index contributed by atoms with van der Waals surface area (Å²) >= 11 is 0. The summed E-state index contributed by atoms with van der Waals surface area (Å²) in [7, 11) is 0. The normalized spacial score (nSPS) is 19.5. The van der Waals surface area contributed by atoms with Crippen molar-refractivity contribution in [1.29, 1.82) is 0 Å². The zero-order valence-electron chi connectivity index (χ0n) is 17.4. The maximum absolute atomic E-state index is 12.7. The molecule has 2 saturated heterocycles. The molecule has 2 aliphatic heterocycles. The standard InChI is InChI=1S/C24H27N3O4/c28-21-9-5-4-8-20(21)24(31)26-12-10-19(11-13-26)25-23(30)18-14-22(29)27(16-18)15-17-6-2-1-3-7-17/h1-9,18-19,28H,10-16H2,(H,25,30). The van der Waals surface area contributed by atoms with Crippen molar-refractivity contribution in [2.75, 3.05) is 19.6 Å². The zero-order chi connectivity index (χ0) is 21.8. The van der Waals surface area contributed by atoms with E-state index in [1.165, 1.54) is 6.07 Å². The Bertz CT molecular complexity index is 954. The summed E-state index contributed by atoms with van der Waals surface area (Å²) in [5.74, 6) is -0.631. The van der Waals surface area contributed by atoms with Gasteiger partial charge in [0.25, 0.3) is 5.91 Å². The maximum atomic E-state index is 12.7. The molecule has 0 spiro atoms. The number of carbonyl (C=O) groups excluding carboxylic acids is 3. The highest BCUT2D eigenvalue weighted by Crippen LogP contribution is 2.23. The molecule has 2 aromatic rings. The van der Waals surface area contributed by atoms with E-state index in [1.807, 2.05) is 30.3 Å². The molecular formula is C24H27N3O4. The monoisotopic (exact) mass is 421 g/mol. The highest BCUT2D eigenvalue weighted by Gasteiger charge is 2.35. The molecule has 1 unspecified atom stereocenters. The number of phenols is 1. The zero-order valence-corrected chi connectivity index (χ0v) is 17.4. The molecule has 3 amide bonds. The first kappa shape index (κ1) is 20.9. The number of nitrogens with one attached hydrogen (secondary N) is 1. The minimum atomic E-state index is -0.336. The van der Waals surface area contributed by atoms with Gasteiger partial charge in [-0.05, 0) is 30.5 Å². The summed E-state index contributed by atoms with van der Waals surface area (Å²) in [6, 6.07) is 16.3. The maximum Gasteiger partial charge on any atom is 0.257 e. The molecule has 2 fully saturated rings. The van der Waals surface area contributed by atoms with E-state index < -0.39 is 0 Å². The van der Waals surface area contributed by atoms with E-state index in [0.29, 0.717) is 44.6 Å². The number of para-hydroxylation sites is 1. The van der Waals surface area contributed by atoms with Gasteiger partial charge in [-0.1, -0.05) is 42.5 Å². The predicted octanol–water partition coefficient (Wildman–Crippen LogP) is 2.16. The molecule has 2 N–H and O–H groups in total. The van der Waals surface area contributed by atoms with E-state index in [1.54, 1.807) is 28.0 Å². The van der Waals surface area contributed by atoms with Gasteiger partial charge in [0.2, 0.25) is 11.8 Å². The molecule has 0 saturated carbocycles. The number of benzene rings is 2. The van der Waals surface area contributed by atoms with E-state index >= 15 is 0 Å². The Morgan fingerprint density at radius 1 is 1.00 bits per heavy atom. The first-order chi connectivity index (χ1) is 15.0. The lowest BCUT2D eigenvalue weighted by Gasteiger charge is -2.33. The second-order valence-electron chi connectivity index (χ2n) is 8.25. The molecule has 0 radical (unpaired) electrons. The van der Waals surface area contributed by atoms with Crippen LogP contribution in [0.25, 0.3) is 0 Å². The molecule has 0 aromatic heterocycles. The predicted molar refractivity (Wildman–Crippen MR) is 115 cm³/mol. The molecule has 4 rings (SSSR count). The Hall–Kier alpha value is -3.35. The van der Waals surface area contributed by atoms with Gasteiger partial charge in [0, 0.05) is 38.6 Å². The van der Waals surface area contributed by atoms with Crippen LogP contribution in [0.15, 0.2) is 54.6 Å². The van der Waals surface area contributed by atoms with E-state index in [-0.39, 0.29) is 41.9 Å². The van der Waals surface area contributed by atoms with E-state index in [4.69, 9.17) is 0 Å². The topological polar surface area (TPSA) is 90.0 Å².